The van der Waals surface area contributed by atoms with Crippen molar-refractivity contribution in [2.24, 2.45) is 0 Å². The molecule has 126 heavy (non-hydrogen) atoms. The molecule has 36 heteroatoms. The predicted octanol–water partition coefficient (Wildman–Crippen LogP) is 11.1. The lowest BCUT2D eigenvalue weighted by molar-refractivity contribution is 0.0683. The van der Waals surface area contributed by atoms with Crippen molar-refractivity contribution in [3.8, 4) is 69.0 Å². The number of nitrogens with zero attached hydrogens (tertiary/aromatic N) is 3. The summed E-state index contributed by atoms with van der Waals surface area (Å²) in [5.41, 5.74) is 14.6. The number of nitrogens with two attached hydrogens (primary N) is 3. The lowest BCUT2D eigenvalue weighted by Gasteiger charge is -2.18. The number of phenolic OH excluding ortho intramolecular Hbond substituents is 12. The summed E-state index contributed by atoms with van der Waals surface area (Å²) in [5.74, 6) is -15.7. The Morgan fingerprint density at radius 1 is 0.222 bits per heavy atom. The number of carbonyl (C=O) groups excluding carboxylic acids is 6. The minimum atomic E-state index is -1.26. The number of carboxylic acids is 6. The van der Waals surface area contributed by atoms with E-state index in [-0.39, 0.29) is 157 Å². The van der Waals surface area contributed by atoms with Crippen molar-refractivity contribution in [3.63, 3.8) is 0 Å². The van der Waals surface area contributed by atoms with Crippen LogP contribution in [-0.2, 0) is 0 Å². The molecular weight excluding hydrogens is 1650 g/mol. The molecule has 0 aliphatic rings. The van der Waals surface area contributed by atoms with Crippen LogP contribution in [0.15, 0.2) is 218 Å². The second kappa shape index (κ2) is 41.0. The highest BCUT2D eigenvalue weighted by atomic mass is 16.4. The summed E-state index contributed by atoms with van der Waals surface area (Å²) < 4.78 is 0. The number of carboxylic acid groups (broad SMARTS) is 6. The number of rotatable bonds is 21. The summed E-state index contributed by atoms with van der Waals surface area (Å²) in [6, 6.07) is 47.9. The van der Waals surface area contributed by atoms with Crippen LogP contribution in [0.3, 0.4) is 0 Å². The molecule has 0 aliphatic heterocycles. The molecule has 0 saturated carbocycles. The van der Waals surface area contributed by atoms with E-state index < -0.39 is 105 Å². The highest BCUT2D eigenvalue weighted by Gasteiger charge is 2.30. The lowest BCUT2D eigenvalue weighted by atomic mass is 9.96. The Hall–Kier alpha value is -18.1. The molecule has 0 bridgehead atoms. The number of benzene rings is 12. The van der Waals surface area contributed by atoms with Crippen LogP contribution in [0, 0.1) is 0 Å². The van der Waals surface area contributed by atoms with E-state index in [4.69, 9.17) is 42.7 Å². The van der Waals surface area contributed by atoms with Gasteiger partial charge in [-0.05, 0) is 72.8 Å². The van der Waals surface area contributed by atoms with Crippen molar-refractivity contribution in [1.82, 2.24) is 0 Å². The van der Waals surface area contributed by atoms with Crippen molar-refractivity contribution in [3.05, 3.63) is 319 Å². The monoisotopic (exact) mass is 1720 g/mol. The molecule has 12 aromatic rings. The van der Waals surface area contributed by atoms with E-state index in [1.54, 1.807) is 70.3 Å². The zero-order chi connectivity index (χ0) is 93.9. The van der Waals surface area contributed by atoms with Crippen LogP contribution < -0.4 is 31.9 Å². The summed E-state index contributed by atoms with van der Waals surface area (Å²) in [4.78, 5) is 146. The van der Waals surface area contributed by atoms with Gasteiger partial charge in [-0.2, -0.15) is 0 Å². The molecule has 0 spiro atoms. The van der Waals surface area contributed by atoms with Crippen LogP contribution in [0.2, 0.25) is 0 Å². The Bertz CT molecular complexity index is 6180. The molecule has 0 heterocycles. The van der Waals surface area contributed by atoms with E-state index in [1.807, 2.05) is 0 Å². The number of ketones is 6. The first-order valence-electron chi connectivity index (χ1n) is 36.1. The predicted molar refractivity (Wildman–Crippen MR) is 456 cm³/mol. The number of phenols is 12. The van der Waals surface area contributed by atoms with Gasteiger partial charge >= 0.3 is 35.8 Å². The van der Waals surface area contributed by atoms with Gasteiger partial charge in [0.15, 0.2) is 46.2 Å². The van der Waals surface area contributed by atoms with E-state index >= 15 is 0 Å². The van der Waals surface area contributed by atoms with E-state index in [0.29, 0.717) is 11.4 Å². The number of hydrogen-bond donors (Lipinski definition) is 21. The van der Waals surface area contributed by atoms with Crippen LogP contribution in [0.5, 0.6) is 69.0 Å². The van der Waals surface area contributed by atoms with Gasteiger partial charge in [0.25, 0.3) is 0 Å². The molecule has 0 atom stereocenters. The Labute approximate surface area is 712 Å². The highest BCUT2D eigenvalue weighted by Crippen LogP contribution is 2.42. The molecule has 36 nitrogen and oxygen atoms in total. The summed E-state index contributed by atoms with van der Waals surface area (Å²) in [6.07, 6.45) is 0. The normalized spacial score (nSPS) is 10.2. The quantitative estimate of drug-likeness (QED) is 0.0137. The van der Waals surface area contributed by atoms with E-state index in [2.05, 4.69) is 0 Å². The van der Waals surface area contributed by atoms with Crippen LogP contribution >= 0.6 is 0 Å². The van der Waals surface area contributed by atoms with Gasteiger partial charge in [-0.15, -0.1) is 0 Å². The molecule has 0 saturated heterocycles. The third-order valence-electron chi connectivity index (χ3n) is 18.0. The van der Waals surface area contributed by atoms with Crippen LogP contribution in [0.4, 0.5) is 34.1 Å². The zero-order valence-corrected chi connectivity index (χ0v) is 66.8. The van der Waals surface area contributed by atoms with E-state index in [1.165, 1.54) is 163 Å². The number of carbonyl (C=O) groups is 12. The summed E-state index contributed by atoms with van der Waals surface area (Å²) >= 11 is 0. The van der Waals surface area contributed by atoms with Crippen LogP contribution in [-0.4, -0.2) is 205 Å². The Balaban J connectivity index is 0.000000208. The van der Waals surface area contributed by atoms with Gasteiger partial charge in [0.2, 0.25) is 0 Å². The Morgan fingerprint density at radius 2 is 0.508 bits per heavy atom. The average molecular weight is 1720 g/mol. The maximum Gasteiger partial charge on any atom is 0.336 e. The maximum absolute atomic E-state index is 12.7. The molecule has 0 fully saturated rings. The van der Waals surface area contributed by atoms with Gasteiger partial charge in [0.1, 0.15) is 68.9 Å². The summed E-state index contributed by atoms with van der Waals surface area (Å²) in [6.45, 7) is 0. The first-order chi connectivity index (χ1) is 59.2. The number of aromatic hydroxyl groups is 12. The Morgan fingerprint density at radius 3 is 0.841 bits per heavy atom. The largest absolute Gasteiger partial charge is 0.508 e. The van der Waals surface area contributed by atoms with Gasteiger partial charge in [-0.25, -0.2) is 28.8 Å². The standard InChI is InChI=1S/3C16H15NO5.3C14H11NO5/c1-17(2)12-7-9(18)8-13(19)14(12)15(20)10-5-3-4-6-11(10)16(21)22;1-17(2)12-7-11(13(18)8-14(12)19)15(20)9-5-3-4-6-10(9)16(21)22;1-17(2)13-12(18)8-7-11(15(13)20)14(19)9-5-3-4-6-10(9)16(21)22;15-10-5-7(16)6-11(17)12(10)13(18)8-3-1-2-4-9(8)14(19)20;15-10-5-9(11(16)6-12(10)17)13(18)7-3-1-2-4-8(7)14(19)20;15-11-10(16)6-5-9(13(11)18)12(17)7-3-1-2-4-8(7)14(19)20/h2*3-8,18-19H,1-2H3,(H,21,22);3-8,18,20H,1-2H3,(H,21,22);2*1-6,16-17H,15H2,(H,19,20);1-6,16,18H,15H2,(H,19,20). The molecule has 648 valence electrons. The van der Waals surface area contributed by atoms with Crippen molar-refractivity contribution >= 4 is 105 Å². The molecule has 12 rings (SSSR count). The molecule has 24 N–H and O–H groups in total. The third kappa shape index (κ3) is 22.0. The second-order valence-corrected chi connectivity index (χ2v) is 27.1. The second-order valence-electron chi connectivity index (χ2n) is 27.1. The molecule has 12 aromatic carbocycles. The number of aromatic carboxylic acids is 6. The van der Waals surface area contributed by atoms with Crippen molar-refractivity contribution in [1.29, 1.82) is 0 Å². The van der Waals surface area contributed by atoms with Crippen molar-refractivity contribution < 1.29 is 149 Å². The molecule has 0 radical (unpaired) electrons. The molecule has 0 amide bonds. The smallest absolute Gasteiger partial charge is 0.336 e. The van der Waals surface area contributed by atoms with E-state index in [0.717, 1.165) is 42.5 Å². The number of hydrogen-bond acceptors (Lipinski definition) is 30. The SMILES string of the molecule is CN(C)c1c(O)ccc(C(=O)c2ccccc2C(=O)O)c1O.CN(C)c1cc(C(=O)c2ccccc2C(=O)O)c(O)cc1O.CN(C)c1cc(O)cc(O)c1C(=O)c1ccccc1C(=O)O.Nc1c(O)ccc(C(=O)c2ccccc2C(=O)O)c1O.Nc1cc(C(=O)c2ccccc2C(=O)O)c(O)cc1O.Nc1cc(O)cc(O)c1C(=O)c1ccccc1C(=O)O. The van der Waals surface area contributed by atoms with Gasteiger partial charge in [0, 0.05) is 112 Å². The van der Waals surface area contributed by atoms with Gasteiger partial charge in [0.05, 0.1) is 89.5 Å². The van der Waals surface area contributed by atoms with Crippen molar-refractivity contribution in [2.75, 3.05) is 74.2 Å². The highest BCUT2D eigenvalue weighted by molar-refractivity contribution is 6.21. The van der Waals surface area contributed by atoms with Crippen molar-refractivity contribution in [2.45, 2.75) is 0 Å². The molecule has 0 aromatic heterocycles. The Kier molecular flexibility index (Phi) is 30.9. The number of anilines is 6. The van der Waals surface area contributed by atoms with Crippen LogP contribution in [0.1, 0.15) is 158 Å². The van der Waals surface area contributed by atoms with Gasteiger partial charge < -0.3 is 124 Å². The summed E-state index contributed by atoms with van der Waals surface area (Å²) in [5, 5.41) is 171. The fourth-order valence-electron chi connectivity index (χ4n) is 12.0. The van der Waals surface area contributed by atoms with E-state index in [9.17, 15) is 124 Å². The minimum Gasteiger partial charge on any atom is -0.508 e. The minimum absolute atomic E-state index is 0.0271. The maximum atomic E-state index is 12.7. The number of nitrogen functional groups attached to an aromatic ring is 3. The summed E-state index contributed by atoms with van der Waals surface area (Å²) in [7, 11) is 9.85. The third-order valence-corrected chi connectivity index (χ3v) is 18.0. The van der Waals surface area contributed by atoms with Crippen LogP contribution in [0.25, 0.3) is 0 Å². The first kappa shape index (κ1) is 95.0. The fraction of sp³-hybridized carbons (Fsp3) is 0.0667. The molecule has 0 aliphatic carbocycles. The topological polar surface area (TPSA) is 657 Å². The first-order valence-corrected chi connectivity index (χ1v) is 36.1. The molecule has 0 unspecified atom stereocenters. The zero-order valence-electron chi connectivity index (χ0n) is 66.8. The van der Waals surface area contributed by atoms with Gasteiger partial charge in [-0.1, -0.05) is 109 Å². The fourth-order valence-corrected chi connectivity index (χ4v) is 12.0. The molecular formula is C90H78N6O30. The average Bonchev–Trinajstić information content (AvgIpc) is 0.807. The van der Waals surface area contributed by atoms with Gasteiger partial charge in [-0.3, -0.25) is 28.8 Å². The lowest BCUT2D eigenvalue weighted by Crippen LogP contribution is -2.16.